The standard InChI is InChI=1S/C13H12ClFOS/c1-8-2-5-13(17-8)12(16)7-9-3-4-11(15)10(14)6-9/h2-6,12,16H,7H2,1H3. The maximum atomic E-state index is 13.0. The van der Waals surface area contributed by atoms with Gasteiger partial charge in [-0.05, 0) is 36.8 Å². The van der Waals surface area contributed by atoms with Crippen molar-refractivity contribution < 1.29 is 9.50 Å². The summed E-state index contributed by atoms with van der Waals surface area (Å²) in [5.74, 6) is -0.433. The summed E-state index contributed by atoms with van der Waals surface area (Å²) in [6.45, 7) is 2.00. The van der Waals surface area contributed by atoms with Crippen LogP contribution in [0.5, 0.6) is 0 Å². The van der Waals surface area contributed by atoms with Gasteiger partial charge in [-0.25, -0.2) is 4.39 Å². The summed E-state index contributed by atoms with van der Waals surface area (Å²) in [4.78, 5) is 2.08. The van der Waals surface area contributed by atoms with Gasteiger partial charge in [0.1, 0.15) is 5.82 Å². The van der Waals surface area contributed by atoms with Crippen LogP contribution in [-0.4, -0.2) is 5.11 Å². The van der Waals surface area contributed by atoms with Crippen molar-refractivity contribution in [2.45, 2.75) is 19.4 Å². The van der Waals surface area contributed by atoms with Gasteiger partial charge in [0.05, 0.1) is 11.1 Å². The van der Waals surface area contributed by atoms with Crippen LogP contribution in [0.3, 0.4) is 0 Å². The minimum absolute atomic E-state index is 0.0945. The lowest BCUT2D eigenvalue weighted by Crippen LogP contribution is -1.99. The first-order valence-corrected chi connectivity index (χ1v) is 6.44. The fourth-order valence-electron chi connectivity index (χ4n) is 1.62. The van der Waals surface area contributed by atoms with Crippen molar-refractivity contribution in [2.75, 3.05) is 0 Å². The van der Waals surface area contributed by atoms with Crippen LogP contribution >= 0.6 is 22.9 Å². The van der Waals surface area contributed by atoms with E-state index < -0.39 is 11.9 Å². The molecule has 1 heterocycles. The highest BCUT2D eigenvalue weighted by atomic mass is 35.5. The SMILES string of the molecule is Cc1ccc(C(O)Cc2ccc(F)c(Cl)c2)s1. The minimum atomic E-state index is -0.560. The third-order valence-electron chi connectivity index (χ3n) is 2.50. The first kappa shape index (κ1) is 12.6. The molecule has 2 aromatic rings. The summed E-state index contributed by atoms with van der Waals surface area (Å²) in [5.41, 5.74) is 0.829. The molecule has 0 aliphatic rings. The molecular weight excluding hydrogens is 259 g/mol. The van der Waals surface area contributed by atoms with Crippen LogP contribution in [0.25, 0.3) is 0 Å². The lowest BCUT2D eigenvalue weighted by atomic mass is 10.1. The summed E-state index contributed by atoms with van der Waals surface area (Å²) < 4.78 is 13.0. The second-order valence-corrected chi connectivity index (χ2v) is 5.64. The molecule has 90 valence electrons. The van der Waals surface area contributed by atoms with Gasteiger partial charge >= 0.3 is 0 Å². The molecule has 1 N–H and O–H groups in total. The molecule has 0 fully saturated rings. The molecule has 0 amide bonds. The maximum Gasteiger partial charge on any atom is 0.141 e. The van der Waals surface area contributed by atoms with Crippen LogP contribution in [0.1, 0.15) is 21.4 Å². The summed E-state index contributed by atoms with van der Waals surface area (Å²) in [5, 5.41) is 10.1. The van der Waals surface area contributed by atoms with Crippen molar-refractivity contribution >= 4 is 22.9 Å². The largest absolute Gasteiger partial charge is 0.387 e. The Balaban J connectivity index is 2.12. The van der Waals surface area contributed by atoms with Gasteiger partial charge in [0, 0.05) is 16.2 Å². The number of hydrogen-bond donors (Lipinski definition) is 1. The van der Waals surface area contributed by atoms with Gasteiger partial charge in [-0.3, -0.25) is 0 Å². The number of benzene rings is 1. The summed E-state index contributed by atoms with van der Waals surface area (Å²) in [7, 11) is 0. The average Bonchev–Trinajstić information content (AvgIpc) is 2.70. The molecule has 17 heavy (non-hydrogen) atoms. The number of aryl methyl sites for hydroxylation is 1. The van der Waals surface area contributed by atoms with Gasteiger partial charge in [-0.15, -0.1) is 11.3 Å². The molecule has 0 bridgehead atoms. The Morgan fingerprint density at radius 2 is 2.12 bits per heavy atom. The van der Waals surface area contributed by atoms with E-state index in [4.69, 9.17) is 11.6 Å². The highest BCUT2D eigenvalue weighted by Gasteiger charge is 2.11. The zero-order chi connectivity index (χ0) is 12.4. The smallest absolute Gasteiger partial charge is 0.141 e. The third kappa shape index (κ3) is 3.06. The summed E-state index contributed by atoms with van der Waals surface area (Å²) >= 11 is 7.26. The van der Waals surface area contributed by atoms with E-state index in [0.717, 1.165) is 15.3 Å². The van der Waals surface area contributed by atoms with Gasteiger partial charge in [0.15, 0.2) is 0 Å². The lowest BCUT2D eigenvalue weighted by molar-refractivity contribution is 0.182. The van der Waals surface area contributed by atoms with E-state index in [1.54, 1.807) is 23.5 Å². The number of aliphatic hydroxyl groups excluding tert-OH is 1. The second-order valence-electron chi connectivity index (χ2n) is 3.92. The van der Waals surface area contributed by atoms with Crippen molar-refractivity contribution in [3.8, 4) is 0 Å². The van der Waals surface area contributed by atoms with E-state index in [1.807, 2.05) is 19.1 Å². The molecule has 1 unspecified atom stereocenters. The summed E-state index contributed by atoms with van der Waals surface area (Å²) in [6.07, 6.45) is -0.116. The molecule has 0 aliphatic heterocycles. The molecule has 1 atom stereocenters. The van der Waals surface area contributed by atoms with Crippen molar-refractivity contribution in [3.05, 3.63) is 56.5 Å². The Hall–Kier alpha value is -0.900. The number of halogens is 2. The highest BCUT2D eigenvalue weighted by molar-refractivity contribution is 7.12. The number of hydrogen-bond acceptors (Lipinski definition) is 2. The van der Waals surface area contributed by atoms with Crippen LogP contribution in [-0.2, 0) is 6.42 Å². The molecule has 1 nitrogen and oxygen atoms in total. The fraction of sp³-hybridized carbons (Fsp3) is 0.231. The molecule has 0 radical (unpaired) electrons. The van der Waals surface area contributed by atoms with E-state index in [-0.39, 0.29) is 5.02 Å². The molecule has 0 spiro atoms. The number of rotatable bonds is 3. The topological polar surface area (TPSA) is 20.2 Å². The van der Waals surface area contributed by atoms with E-state index in [0.29, 0.717) is 6.42 Å². The Kier molecular flexibility index (Phi) is 3.82. The quantitative estimate of drug-likeness (QED) is 0.889. The van der Waals surface area contributed by atoms with E-state index in [9.17, 15) is 9.50 Å². The first-order chi connectivity index (χ1) is 8.06. The lowest BCUT2D eigenvalue weighted by Gasteiger charge is -2.09. The normalized spacial score (nSPS) is 12.7. The van der Waals surface area contributed by atoms with E-state index in [2.05, 4.69) is 0 Å². The summed E-state index contributed by atoms with van der Waals surface area (Å²) in [6, 6.07) is 8.41. The Morgan fingerprint density at radius 3 is 2.71 bits per heavy atom. The minimum Gasteiger partial charge on any atom is -0.387 e. The van der Waals surface area contributed by atoms with E-state index in [1.165, 1.54) is 6.07 Å². The van der Waals surface area contributed by atoms with Gasteiger partial charge < -0.3 is 5.11 Å². The van der Waals surface area contributed by atoms with Crippen molar-refractivity contribution in [1.82, 2.24) is 0 Å². The van der Waals surface area contributed by atoms with Crippen LogP contribution in [0.15, 0.2) is 30.3 Å². The average molecular weight is 271 g/mol. The van der Waals surface area contributed by atoms with Gasteiger partial charge in [-0.1, -0.05) is 17.7 Å². The molecule has 4 heteroatoms. The fourth-order valence-corrected chi connectivity index (χ4v) is 2.69. The highest BCUT2D eigenvalue weighted by Crippen LogP contribution is 2.26. The molecular formula is C13H12ClFOS. The van der Waals surface area contributed by atoms with Crippen LogP contribution in [0.4, 0.5) is 4.39 Å². The number of thiophene rings is 1. The van der Waals surface area contributed by atoms with Crippen LogP contribution < -0.4 is 0 Å². The van der Waals surface area contributed by atoms with Gasteiger partial charge in [-0.2, -0.15) is 0 Å². The first-order valence-electron chi connectivity index (χ1n) is 5.24. The predicted molar refractivity (Wildman–Crippen MR) is 69.1 cm³/mol. The van der Waals surface area contributed by atoms with Crippen molar-refractivity contribution in [3.63, 3.8) is 0 Å². The van der Waals surface area contributed by atoms with Crippen molar-refractivity contribution in [1.29, 1.82) is 0 Å². The molecule has 1 aromatic heterocycles. The molecule has 0 saturated carbocycles. The van der Waals surface area contributed by atoms with Gasteiger partial charge in [0.2, 0.25) is 0 Å². The predicted octanol–water partition coefficient (Wildman–Crippen LogP) is 4.13. The van der Waals surface area contributed by atoms with Crippen LogP contribution in [0.2, 0.25) is 5.02 Å². The Morgan fingerprint density at radius 1 is 1.35 bits per heavy atom. The number of aliphatic hydroxyl groups is 1. The monoisotopic (exact) mass is 270 g/mol. The second kappa shape index (κ2) is 5.17. The van der Waals surface area contributed by atoms with Crippen molar-refractivity contribution in [2.24, 2.45) is 0 Å². The van der Waals surface area contributed by atoms with E-state index >= 15 is 0 Å². The maximum absolute atomic E-state index is 13.0. The molecule has 0 saturated heterocycles. The zero-order valence-electron chi connectivity index (χ0n) is 9.28. The molecule has 2 rings (SSSR count). The Bertz CT molecular complexity index is 524. The zero-order valence-corrected chi connectivity index (χ0v) is 10.9. The van der Waals surface area contributed by atoms with Crippen LogP contribution in [0, 0.1) is 12.7 Å². The third-order valence-corrected chi connectivity index (χ3v) is 3.89. The molecule has 0 aliphatic carbocycles. The Labute approximate surface area is 108 Å². The molecule has 1 aromatic carbocycles. The van der Waals surface area contributed by atoms with Gasteiger partial charge in [0.25, 0.3) is 0 Å².